The summed E-state index contributed by atoms with van der Waals surface area (Å²) in [5.41, 5.74) is 0.867. The highest BCUT2D eigenvalue weighted by Gasteiger charge is 2.20. The molecule has 0 bridgehead atoms. The van der Waals surface area contributed by atoms with Gasteiger partial charge in [0.25, 0.3) is 5.69 Å². The van der Waals surface area contributed by atoms with Crippen LogP contribution in [0.15, 0.2) is 12.3 Å². The largest absolute Gasteiger partial charge is 0.367 e. The van der Waals surface area contributed by atoms with Gasteiger partial charge in [0, 0.05) is 18.2 Å². The van der Waals surface area contributed by atoms with Crippen LogP contribution in [0.5, 0.6) is 0 Å². The molecule has 1 aromatic rings. The maximum absolute atomic E-state index is 10.7. The molecule has 1 aliphatic rings. The monoisotopic (exact) mass is 264 g/mol. The number of nitrogens with zero attached hydrogens (tertiary/aromatic N) is 2. The molecule has 0 atom stereocenters. The fourth-order valence-corrected chi connectivity index (χ4v) is 2.53. The van der Waals surface area contributed by atoms with E-state index in [1.807, 2.05) is 14.0 Å². The van der Waals surface area contributed by atoms with Gasteiger partial charge in [-0.2, -0.15) is 0 Å². The van der Waals surface area contributed by atoms with Crippen LogP contribution in [0.2, 0.25) is 0 Å². The van der Waals surface area contributed by atoms with Crippen molar-refractivity contribution in [1.82, 2.24) is 10.3 Å². The van der Waals surface area contributed by atoms with Crippen molar-refractivity contribution in [1.29, 1.82) is 0 Å². The zero-order valence-corrected chi connectivity index (χ0v) is 11.3. The van der Waals surface area contributed by atoms with Crippen LogP contribution in [0.3, 0.4) is 0 Å². The first kappa shape index (κ1) is 13.7. The molecule has 0 amide bonds. The molecule has 6 nitrogen and oxygen atoms in total. The maximum atomic E-state index is 10.7. The molecule has 19 heavy (non-hydrogen) atoms. The predicted molar refractivity (Wildman–Crippen MR) is 74.4 cm³/mol. The van der Waals surface area contributed by atoms with E-state index in [0.717, 1.165) is 37.1 Å². The van der Waals surface area contributed by atoms with Gasteiger partial charge < -0.3 is 10.6 Å². The summed E-state index contributed by atoms with van der Waals surface area (Å²) in [4.78, 5) is 14.4. The molecule has 0 radical (unpaired) electrons. The number of hydrogen-bond acceptors (Lipinski definition) is 5. The fraction of sp³-hybridized carbons (Fsp3) is 0.615. The minimum absolute atomic E-state index is 0.0435. The van der Waals surface area contributed by atoms with E-state index in [0.29, 0.717) is 12.1 Å². The van der Waals surface area contributed by atoms with E-state index in [9.17, 15) is 10.1 Å². The van der Waals surface area contributed by atoms with E-state index in [-0.39, 0.29) is 5.69 Å². The molecule has 1 heterocycles. The van der Waals surface area contributed by atoms with Crippen LogP contribution in [-0.4, -0.2) is 29.0 Å². The molecular weight excluding hydrogens is 244 g/mol. The summed E-state index contributed by atoms with van der Waals surface area (Å²) in [5, 5.41) is 17.4. The topological polar surface area (TPSA) is 80.1 Å². The Balaban J connectivity index is 1.98. The van der Waals surface area contributed by atoms with Gasteiger partial charge in [0.2, 0.25) is 0 Å². The van der Waals surface area contributed by atoms with Gasteiger partial charge in [-0.1, -0.05) is 0 Å². The first-order valence-corrected chi connectivity index (χ1v) is 6.65. The number of nitro groups is 1. The molecule has 0 saturated heterocycles. The van der Waals surface area contributed by atoms with Gasteiger partial charge in [0.05, 0.1) is 4.92 Å². The third kappa shape index (κ3) is 3.41. The second-order valence-electron chi connectivity index (χ2n) is 5.10. The highest BCUT2D eigenvalue weighted by atomic mass is 16.6. The Kier molecular flexibility index (Phi) is 4.31. The lowest BCUT2D eigenvalue weighted by Crippen LogP contribution is -2.35. The first-order valence-electron chi connectivity index (χ1n) is 6.65. The number of rotatable bonds is 4. The van der Waals surface area contributed by atoms with E-state index in [1.165, 1.54) is 6.20 Å². The lowest BCUT2D eigenvalue weighted by Gasteiger charge is -2.29. The minimum atomic E-state index is -0.415. The number of aryl methyl sites for hydroxylation is 1. The Morgan fingerprint density at radius 2 is 1.95 bits per heavy atom. The quantitative estimate of drug-likeness (QED) is 0.644. The van der Waals surface area contributed by atoms with Crippen LogP contribution in [0.1, 0.15) is 31.2 Å². The van der Waals surface area contributed by atoms with Crippen LogP contribution in [0, 0.1) is 17.0 Å². The Labute approximate surface area is 112 Å². The highest BCUT2D eigenvalue weighted by molar-refractivity contribution is 5.48. The van der Waals surface area contributed by atoms with Crippen molar-refractivity contribution < 1.29 is 4.92 Å². The van der Waals surface area contributed by atoms with Gasteiger partial charge in [0.15, 0.2) is 0 Å². The van der Waals surface area contributed by atoms with Crippen molar-refractivity contribution in [3.8, 4) is 0 Å². The number of hydrogen-bond donors (Lipinski definition) is 2. The van der Waals surface area contributed by atoms with E-state index in [2.05, 4.69) is 15.6 Å². The summed E-state index contributed by atoms with van der Waals surface area (Å²) >= 11 is 0. The van der Waals surface area contributed by atoms with Crippen LogP contribution in [0.25, 0.3) is 0 Å². The van der Waals surface area contributed by atoms with Crippen LogP contribution >= 0.6 is 0 Å². The summed E-state index contributed by atoms with van der Waals surface area (Å²) in [7, 11) is 2.00. The van der Waals surface area contributed by atoms with Crippen molar-refractivity contribution in [2.75, 3.05) is 12.4 Å². The van der Waals surface area contributed by atoms with Gasteiger partial charge in [-0.05, 0) is 45.2 Å². The second kappa shape index (κ2) is 5.97. The molecule has 104 valence electrons. The average Bonchev–Trinajstić information content (AvgIpc) is 2.41. The SMILES string of the molecule is CNC1CCC(Nc2ncc([N+](=O)[O-])cc2C)CC1. The lowest BCUT2D eigenvalue weighted by molar-refractivity contribution is -0.385. The molecule has 0 aromatic carbocycles. The smallest absolute Gasteiger partial charge is 0.287 e. The van der Waals surface area contributed by atoms with Crippen molar-refractivity contribution in [3.05, 3.63) is 27.9 Å². The number of nitrogens with one attached hydrogen (secondary N) is 2. The molecule has 0 spiro atoms. The molecule has 1 aliphatic carbocycles. The molecule has 2 N–H and O–H groups in total. The van der Waals surface area contributed by atoms with Gasteiger partial charge in [-0.25, -0.2) is 4.98 Å². The van der Waals surface area contributed by atoms with Crippen LogP contribution in [-0.2, 0) is 0 Å². The maximum Gasteiger partial charge on any atom is 0.287 e. The molecular formula is C13H20N4O2. The van der Waals surface area contributed by atoms with Gasteiger partial charge in [-0.3, -0.25) is 10.1 Å². The van der Waals surface area contributed by atoms with Crippen molar-refractivity contribution in [2.45, 2.75) is 44.7 Å². The van der Waals surface area contributed by atoms with Crippen molar-refractivity contribution in [3.63, 3.8) is 0 Å². The number of anilines is 1. The Bertz CT molecular complexity index is 456. The van der Waals surface area contributed by atoms with Crippen molar-refractivity contribution in [2.24, 2.45) is 0 Å². The third-order valence-corrected chi connectivity index (χ3v) is 3.75. The fourth-order valence-electron chi connectivity index (χ4n) is 2.53. The molecule has 6 heteroatoms. The Morgan fingerprint density at radius 3 is 2.47 bits per heavy atom. The van der Waals surface area contributed by atoms with E-state index < -0.39 is 4.92 Å². The number of pyridine rings is 1. The highest BCUT2D eigenvalue weighted by Crippen LogP contribution is 2.24. The van der Waals surface area contributed by atoms with E-state index in [4.69, 9.17) is 0 Å². The molecule has 1 fully saturated rings. The lowest BCUT2D eigenvalue weighted by atomic mass is 9.91. The first-order chi connectivity index (χ1) is 9.10. The molecule has 1 saturated carbocycles. The predicted octanol–water partition coefficient (Wildman–Crippen LogP) is 2.24. The number of aromatic nitrogens is 1. The summed E-state index contributed by atoms with van der Waals surface area (Å²) in [6.07, 6.45) is 5.82. The summed E-state index contributed by atoms with van der Waals surface area (Å²) in [6.45, 7) is 1.85. The summed E-state index contributed by atoms with van der Waals surface area (Å²) < 4.78 is 0. The standard InChI is InChI=1S/C13H20N4O2/c1-9-7-12(17(18)19)8-15-13(9)16-11-5-3-10(14-2)4-6-11/h7-8,10-11,14H,3-6H2,1-2H3,(H,15,16). The van der Waals surface area contributed by atoms with Gasteiger partial charge in [-0.15, -0.1) is 0 Å². The third-order valence-electron chi connectivity index (χ3n) is 3.75. The minimum Gasteiger partial charge on any atom is -0.367 e. The molecule has 2 rings (SSSR count). The molecule has 0 unspecified atom stereocenters. The van der Waals surface area contributed by atoms with E-state index >= 15 is 0 Å². The second-order valence-corrected chi connectivity index (χ2v) is 5.10. The van der Waals surface area contributed by atoms with E-state index in [1.54, 1.807) is 6.07 Å². The Morgan fingerprint density at radius 1 is 1.32 bits per heavy atom. The molecule has 1 aromatic heterocycles. The summed E-state index contributed by atoms with van der Waals surface area (Å²) in [5.74, 6) is 0.763. The zero-order valence-electron chi connectivity index (χ0n) is 11.3. The van der Waals surface area contributed by atoms with Gasteiger partial charge >= 0.3 is 0 Å². The van der Waals surface area contributed by atoms with Gasteiger partial charge in [0.1, 0.15) is 12.0 Å². The van der Waals surface area contributed by atoms with Crippen molar-refractivity contribution >= 4 is 11.5 Å². The normalized spacial score (nSPS) is 23.1. The van der Waals surface area contributed by atoms with Crippen LogP contribution < -0.4 is 10.6 Å². The molecule has 0 aliphatic heterocycles. The van der Waals surface area contributed by atoms with Crippen LogP contribution in [0.4, 0.5) is 11.5 Å². The average molecular weight is 264 g/mol. The zero-order chi connectivity index (χ0) is 13.8. The summed E-state index contributed by atoms with van der Waals surface area (Å²) in [6, 6.07) is 2.59. The Hall–Kier alpha value is -1.69.